The lowest BCUT2D eigenvalue weighted by Gasteiger charge is -2.06. The maximum absolute atomic E-state index is 5.75. The monoisotopic (exact) mass is 234 g/mol. The molecule has 0 bridgehead atoms. The number of hydrogen-bond donors (Lipinski definition) is 3. The zero-order valence-electron chi connectivity index (χ0n) is 9.47. The standard InChI is InChI=1S/C10H14N6O/c1-17-5-2-6(12-3-5)9-15-7-8(11)13-4-14-10(7)16-9/h4-6,12H,2-3H2,1H3,(H3,11,13,14,15,16). The van der Waals surface area contributed by atoms with E-state index in [9.17, 15) is 0 Å². The number of aromatic nitrogens is 4. The summed E-state index contributed by atoms with van der Waals surface area (Å²) in [5.41, 5.74) is 7.06. The van der Waals surface area contributed by atoms with Crippen molar-refractivity contribution in [1.29, 1.82) is 0 Å². The Hall–Kier alpha value is -1.73. The number of aromatic amines is 1. The number of nitrogens with two attached hydrogens (primary N) is 1. The largest absolute Gasteiger partial charge is 0.382 e. The van der Waals surface area contributed by atoms with E-state index in [0.29, 0.717) is 17.0 Å². The molecule has 0 aromatic carbocycles. The number of hydrogen-bond acceptors (Lipinski definition) is 6. The number of nitrogens with zero attached hydrogens (tertiary/aromatic N) is 3. The average molecular weight is 234 g/mol. The number of ether oxygens (including phenoxy) is 1. The van der Waals surface area contributed by atoms with Crippen molar-refractivity contribution in [3.05, 3.63) is 12.2 Å². The van der Waals surface area contributed by atoms with Crippen molar-refractivity contribution in [3.63, 3.8) is 0 Å². The molecule has 2 unspecified atom stereocenters. The first kappa shape index (κ1) is 10.4. The van der Waals surface area contributed by atoms with Gasteiger partial charge in [-0.15, -0.1) is 0 Å². The van der Waals surface area contributed by atoms with Crippen molar-refractivity contribution in [2.75, 3.05) is 19.4 Å². The van der Waals surface area contributed by atoms with Gasteiger partial charge in [0.05, 0.1) is 12.1 Å². The van der Waals surface area contributed by atoms with Crippen LogP contribution in [0.4, 0.5) is 5.82 Å². The van der Waals surface area contributed by atoms with E-state index in [0.717, 1.165) is 18.8 Å². The van der Waals surface area contributed by atoms with Gasteiger partial charge < -0.3 is 20.8 Å². The van der Waals surface area contributed by atoms with Crippen LogP contribution in [0.15, 0.2) is 6.33 Å². The van der Waals surface area contributed by atoms with Crippen molar-refractivity contribution in [2.45, 2.75) is 18.6 Å². The van der Waals surface area contributed by atoms with Gasteiger partial charge in [0.2, 0.25) is 0 Å². The fourth-order valence-electron chi connectivity index (χ4n) is 2.12. The molecule has 0 amide bonds. The molecule has 90 valence electrons. The molecule has 7 nitrogen and oxygen atoms in total. The van der Waals surface area contributed by atoms with Crippen LogP contribution in [0.5, 0.6) is 0 Å². The lowest BCUT2D eigenvalue weighted by molar-refractivity contribution is 0.117. The molecule has 7 heteroatoms. The van der Waals surface area contributed by atoms with E-state index >= 15 is 0 Å². The highest BCUT2D eigenvalue weighted by Crippen LogP contribution is 2.25. The lowest BCUT2D eigenvalue weighted by atomic mass is 10.2. The minimum Gasteiger partial charge on any atom is -0.382 e. The normalized spacial score (nSPS) is 24.5. The average Bonchev–Trinajstić information content (AvgIpc) is 2.95. The summed E-state index contributed by atoms with van der Waals surface area (Å²) in [4.78, 5) is 15.6. The Balaban J connectivity index is 1.94. The zero-order chi connectivity index (χ0) is 11.8. The topological polar surface area (TPSA) is 102 Å². The van der Waals surface area contributed by atoms with E-state index in [2.05, 4.69) is 25.3 Å². The Labute approximate surface area is 97.8 Å². The molecule has 2 aromatic heterocycles. The minimum atomic E-state index is 0.161. The number of nitrogens with one attached hydrogen (secondary N) is 2. The van der Waals surface area contributed by atoms with Gasteiger partial charge in [0.25, 0.3) is 0 Å². The van der Waals surface area contributed by atoms with Crippen LogP contribution in [-0.2, 0) is 4.74 Å². The van der Waals surface area contributed by atoms with Crippen LogP contribution < -0.4 is 11.1 Å². The molecule has 2 atom stereocenters. The molecule has 0 saturated carbocycles. The van der Waals surface area contributed by atoms with E-state index in [-0.39, 0.29) is 12.1 Å². The van der Waals surface area contributed by atoms with Gasteiger partial charge >= 0.3 is 0 Å². The van der Waals surface area contributed by atoms with Gasteiger partial charge in [0, 0.05) is 13.7 Å². The highest BCUT2D eigenvalue weighted by atomic mass is 16.5. The molecule has 1 saturated heterocycles. The van der Waals surface area contributed by atoms with E-state index < -0.39 is 0 Å². The summed E-state index contributed by atoms with van der Waals surface area (Å²) < 4.78 is 5.30. The number of rotatable bonds is 2. The van der Waals surface area contributed by atoms with E-state index in [1.54, 1.807) is 7.11 Å². The Morgan fingerprint density at radius 3 is 3.06 bits per heavy atom. The highest BCUT2D eigenvalue weighted by molar-refractivity contribution is 5.81. The molecule has 0 spiro atoms. The highest BCUT2D eigenvalue weighted by Gasteiger charge is 2.27. The summed E-state index contributed by atoms with van der Waals surface area (Å²) in [5, 5.41) is 3.35. The first-order valence-corrected chi connectivity index (χ1v) is 5.50. The molecule has 1 aliphatic rings. The number of fused-ring (bicyclic) bond motifs is 1. The number of H-pyrrole nitrogens is 1. The summed E-state index contributed by atoms with van der Waals surface area (Å²) >= 11 is 0. The number of anilines is 1. The van der Waals surface area contributed by atoms with Crippen molar-refractivity contribution in [2.24, 2.45) is 0 Å². The fraction of sp³-hybridized carbons (Fsp3) is 0.500. The third-order valence-corrected chi connectivity index (χ3v) is 3.09. The summed E-state index contributed by atoms with van der Waals surface area (Å²) in [7, 11) is 1.72. The molecular formula is C10H14N6O. The van der Waals surface area contributed by atoms with E-state index in [4.69, 9.17) is 10.5 Å². The van der Waals surface area contributed by atoms with Crippen molar-refractivity contribution < 1.29 is 4.74 Å². The van der Waals surface area contributed by atoms with E-state index in [1.165, 1.54) is 6.33 Å². The second-order valence-electron chi connectivity index (χ2n) is 4.13. The molecule has 0 radical (unpaired) electrons. The Morgan fingerprint density at radius 2 is 2.35 bits per heavy atom. The molecule has 17 heavy (non-hydrogen) atoms. The third kappa shape index (κ3) is 1.73. The Morgan fingerprint density at radius 1 is 1.47 bits per heavy atom. The number of imidazole rings is 1. The maximum Gasteiger partial charge on any atom is 0.183 e. The van der Waals surface area contributed by atoms with Crippen molar-refractivity contribution in [3.8, 4) is 0 Å². The van der Waals surface area contributed by atoms with Crippen LogP contribution in [0, 0.1) is 0 Å². The van der Waals surface area contributed by atoms with Crippen LogP contribution in [-0.4, -0.2) is 39.7 Å². The summed E-state index contributed by atoms with van der Waals surface area (Å²) in [6.45, 7) is 0.833. The fourth-order valence-corrected chi connectivity index (χ4v) is 2.12. The molecule has 1 fully saturated rings. The van der Waals surface area contributed by atoms with Crippen molar-refractivity contribution >= 4 is 17.0 Å². The minimum absolute atomic E-state index is 0.161. The first-order valence-electron chi connectivity index (χ1n) is 5.50. The zero-order valence-corrected chi connectivity index (χ0v) is 9.47. The molecule has 3 rings (SSSR count). The molecule has 1 aliphatic heterocycles. The molecular weight excluding hydrogens is 220 g/mol. The number of nitrogen functional groups attached to an aromatic ring is 1. The van der Waals surface area contributed by atoms with Crippen LogP contribution >= 0.6 is 0 Å². The van der Waals surface area contributed by atoms with Crippen molar-refractivity contribution in [1.82, 2.24) is 25.3 Å². The van der Waals surface area contributed by atoms with Crippen LogP contribution in [0.1, 0.15) is 18.3 Å². The SMILES string of the molecule is COC1CNC(c2nc3ncnc(N)c3[nH]2)C1. The van der Waals surface area contributed by atoms with Crippen LogP contribution in [0.3, 0.4) is 0 Å². The molecule has 3 heterocycles. The first-order chi connectivity index (χ1) is 8.28. The lowest BCUT2D eigenvalue weighted by Crippen LogP contribution is -2.16. The van der Waals surface area contributed by atoms with Gasteiger partial charge in [-0.3, -0.25) is 0 Å². The van der Waals surface area contributed by atoms with Gasteiger partial charge in [-0.05, 0) is 6.42 Å². The quantitative estimate of drug-likeness (QED) is 0.675. The maximum atomic E-state index is 5.75. The van der Waals surface area contributed by atoms with Gasteiger partial charge in [0.1, 0.15) is 17.7 Å². The Kier molecular flexibility index (Phi) is 2.41. The smallest absolute Gasteiger partial charge is 0.183 e. The predicted molar refractivity (Wildman–Crippen MR) is 62.3 cm³/mol. The summed E-state index contributed by atoms with van der Waals surface area (Å²) in [6.07, 6.45) is 2.54. The van der Waals surface area contributed by atoms with Crippen LogP contribution in [0.2, 0.25) is 0 Å². The third-order valence-electron chi connectivity index (χ3n) is 3.09. The predicted octanol–water partition coefficient (Wildman–Crippen LogP) is -0.0155. The number of methoxy groups -OCH3 is 1. The Bertz CT molecular complexity index is 539. The molecule has 2 aromatic rings. The second kappa shape index (κ2) is 3.94. The summed E-state index contributed by atoms with van der Waals surface area (Å²) in [5.74, 6) is 1.27. The van der Waals surface area contributed by atoms with Gasteiger partial charge in [-0.25, -0.2) is 15.0 Å². The van der Waals surface area contributed by atoms with Gasteiger partial charge in [-0.1, -0.05) is 0 Å². The van der Waals surface area contributed by atoms with Crippen LogP contribution in [0.25, 0.3) is 11.2 Å². The molecule has 0 aliphatic carbocycles. The van der Waals surface area contributed by atoms with Gasteiger partial charge in [0.15, 0.2) is 11.5 Å². The summed E-state index contributed by atoms with van der Waals surface area (Å²) in [6, 6.07) is 0.161. The second-order valence-corrected chi connectivity index (χ2v) is 4.13. The van der Waals surface area contributed by atoms with E-state index in [1.807, 2.05) is 0 Å². The van der Waals surface area contributed by atoms with Gasteiger partial charge in [-0.2, -0.15) is 0 Å². The molecule has 4 N–H and O–H groups in total.